The van der Waals surface area contributed by atoms with Gasteiger partial charge in [-0.3, -0.25) is 4.79 Å². The molecule has 0 saturated heterocycles. The van der Waals surface area contributed by atoms with Gasteiger partial charge in [-0.1, -0.05) is 12.1 Å². The first-order valence-corrected chi connectivity index (χ1v) is 10.6. The van der Waals surface area contributed by atoms with Crippen LogP contribution in [0.1, 0.15) is 51.0 Å². The van der Waals surface area contributed by atoms with Gasteiger partial charge in [0.15, 0.2) is 11.5 Å². The van der Waals surface area contributed by atoms with Gasteiger partial charge >= 0.3 is 12.1 Å². The van der Waals surface area contributed by atoms with E-state index in [1.165, 1.54) is 13.3 Å². The summed E-state index contributed by atoms with van der Waals surface area (Å²) >= 11 is 0. The van der Waals surface area contributed by atoms with Crippen LogP contribution in [0, 0.1) is 0 Å². The average Bonchev–Trinajstić information content (AvgIpc) is 2.75. The smallest absolute Gasteiger partial charge is 0.410 e. The number of nitrogens with one attached hydrogen (secondary N) is 1. The molecular formula is C23H31N5O5. The summed E-state index contributed by atoms with van der Waals surface area (Å²) in [6, 6.07) is 6.99. The van der Waals surface area contributed by atoms with Crippen LogP contribution < -0.4 is 11.1 Å². The molecule has 0 spiro atoms. The molecule has 0 fully saturated rings. The van der Waals surface area contributed by atoms with Crippen molar-refractivity contribution in [3.63, 3.8) is 0 Å². The number of anilines is 2. The summed E-state index contributed by atoms with van der Waals surface area (Å²) in [7, 11) is 1.24. The maximum absolute atomic E-state index is 12.4. The number of nitrogens with zero attached hydrogens (tertiary/aromatic N) is 3. The van der Waals surface area contributed by atoms with Crippen molar-refractivity contribution in [3.05, 3.63) is 36.2 Å². The number of hydrogen-bond acceptors (Lipinski definition) is 8. The van der Waals surface area contributed by atoms with Gasteiger partial charge in [-0.2, -0.15) is 0 Å². The Labute approximate surface area is 193 Å². The minimum atomic E-state index is -0.682. The second-order valence-electron chi connectivity index (χ2n) is 8.27. The Kier molecular flexibility index (Phi) is 8.72. The van der Waals surface area contributed by atoms with Gasteiger partial charge in [0.25, 0.3) is 0 Å². The Morgan fingerprint density at radius 2 is 1.94 bits per heavy atom. The molecular weight excluding hydrogens is 426 g/mol. The summed E-state index contributed by atoms with van der Waals surface area (Å²) in [4.78, 5) is 46.2. The van der Waals surface area contributed by atoms with Gasteiger partial charge in [0.05, 0.1) is 19.0 Å². The molecule has 178 valence electrons. The normalized spacial score (nSPS) is 10.9. The molecule has 10 nitrogen and oxygen atoms in total. The number of esters is 1. The van der Waals surface area contributed by atoms with Crippen LogP contribution in [-0.4, -0.2) is 58.6 Å². The second kappa shape index (κ2) is 11.3. The number of nitrogen functional groups attached to an aromatic ring is 1. The largest absolute Gasteiger partial charge is 0.464 e. The zero-order valence-corrected chi connectivity index (χ0v) is 19.7. The minimum absolute atomic E-state index is 0.0254. The van der Waals surface area contributed by atoms with Crippen LogP contribution in [0.4, 0.5) is 16.3 Å². The molecule has 0 unspecified atom stereocenters. The lowest BCUT2D eigenvalue weighted by molar-refractivity contribution is -0.116. The third-order valence-electron chi connectivity index (χ3n) is 4.49. The third-order valence-corrected chi connectivity index (χ3v) is 4.49. The molecule has 1 aromatic carbocycles. The zero-order valence-electron chi connectivity index (χ0n) is 19.7. The monoisotopic (exact) mass is 457 g/mol. The maximum Gasteiger partial charge on any atom is 0.410 e. The summed E-state index contributed by atoms with van der Waals surface area (Å²) in [5.74, 6) is -0.896. The Hall–Kier alpha value is -3.69. The van der Waals surface area contributed by atoms with Crippen molar-refractivity contribution in [3.8, 4) is 11.3 Å². The molecule has 1 aromatic heterocycles. The molecule has 10 heteroatoms. The highest BCUT2D eigenvalue weighted by Crippen LogP contribution is 2.22. The van der Waals surface area contributed by atoms with Gasteiger partial charge in [-0.05, 0) is 46.2 Å². The highest BCUT2D eigenvalue weighted by molar-refractivity contribution is 5.93. The van der Waals surface area contributed by atoms with Crippen molar-refractivity contribution in [2.24, 2.45) is 0 Å². The van der Waals surface area contributed by atoms with E-state index in [0.717, 1.165) is 0 Å². The summed E-state index contributed by atoms with van der Waals surface area (Å²) in [5.41, 5.74) is 6.68. The first-order valence-electron chi connectivity index (χ1n) is 10.6. The minimum Gasteiger partial charge on any atom is -0.464 e. The maximum atomic E-state index is 12.4. The van der Waals surface area contributed by atoms with E-state index in [-0.39, 0.29) is 23.8 Å². The van der Waals surface area contributed by atoms with Crippen LogP contribution >= 0.6 is 0 Å². The van der Waals surface area contributed by atoms with Crippen LogP contribution in [0.3, 0.4) is 0 Å². The number of benzene rings is 1. The molecule has 2 amide bonds. The van der Waals surface area contributed by atoms with E-state index < -0.39 is 17.7 Å². The van der Waals surface area contributed by atoms with Crippen LogP contribution in [0.5, 0.6) is 0 Å². The molecule has 1 heterocycles. The van der Waals surface area contributed by atoms with Crippen molar-refractivity contribution < 1.29 is 23.9 Å². The van der Waals surface area contributed by atoms with Crippen molar-refractivity contribution in [1.29, 1.82) is 0 Å². The van der Waals surface area contributed by atoms with E-state index in [1.54, 1.807) is 29.2 Å². The van der Waals surface area contributed by atoms with Crippen LogP contribution in [-0.2, 0) is 14.3 Å². The second-order valence-corrected chi connectivity index (χ2v) is 8.27. The summed E-state index contributed by atoms with van der Waals surface area (Å²) in [6.07, 6.45) is 1.77. The number of carbonyl (C=O) groups excluding carboxylic acids is 3. The van der Waals surface area contributed by atoms with Gasteiger partial charge < -0.3 is 25.4 Å². The van der Waals surface area contributed by atoms with Crippen molar-refractivity contribution in [1.82, 2.24) is 14.9 Å². The topological polar surface area (TPSA) is 137 Å². The quantitative estimate of drug-likeness (QED) is 0.575. The molecule has 2 rings (SSSR count). The molecule has 2 aromatic rings. The zero-order chi connectivity index (χ0) is 24.6. The van der Waals surface area contributed by atoms with Crippen LogP contribution in [0.25, 0.3) is 11.3 Å². The van der Waals surface area contributed by atoms with E-state index >= 15 is 0 Å². The average molecular weight is 458 g/mol. The fourth-order valence-corrected chi connectivity index (χ4v) is 2.90. The first kappa shape index (κ1) is 25.6. The molecule has 0 saturated carbocycles. The number of hydrogen-bond donors (Lipinski definition) is 2. The van der Waals surface area contributed by atoms with E-state index in [1.807, 2.05) is 27.7 Å². The lowest BCUT2D eigenvalue weighted by Gasteiger charge is -2.26. The molecule has 3 N–H and O–H groups in total. The predicted molar refractivity (Wildman–Crippen MR) is 125 cm³/mol. The highest BCUT2D eigenvalue weighted by Gasteiger charge is 2.21. The number of amides is 2. The fourth-order valence-electron chi connectivity index (χ4n) is 2.90. The number of carbonyl (C=O) groups is 3. The number of ether oxygens (including phenoxy) is 2. The number of aromatic nitrogens is 2. The number of methoxy groups -OCH3 is 1. The lowest BCUT2D eigenvalue weighted by Crippen LogP contribution is -2.37. The van der Waals surface area contributed by atoms with E-state index in [0.29, 0.717) is 36.5 Å². The van der Waals surface area contributed by atoms with Crippen LogP contribution in [0.2, 0.25) is 0 Å². The lowest BCUT2D eigenvalue weighted by atomic mass is 10.1. The number of rotatable bonds is 8. The molecule has 0 aliphatic rings. The fraction of sp³-hybridized carbons (Fsp3) is 0.435. The van der Waals surface area contributed by atoms with Crippen molar-refractivity contribution in [2.45, 2.75) is 46.1 Å². The summed E-state index contributed by atoms with van der Waals surface area (Å²) in [5, 5.41) is 2.83. The van der Waals surface area contributed by atoms with Crippen molar-refractivity contribution >= 4 is 29.5 Å². The predicted octanol–water partition coefficient (Wildman–Crippen LogP) is 3.49. The molecule has 0 atom stereocenters. The van der Waals surface area contributed by atoms with E-state index in [2.05, 4.69) is 20.0 Å². The SMILES string of the molecule is CCN(CCCC(=O)Nc1cccc(-c2cnc(N)c(C(=O)OC)n2)c1)C(=O)OC(C)(C)C. The van der Waals surface area contributed by atoms with Crippen LogP contribution in [0.15, 0.2) is 30.5 Å². The Bertz CT molecular complexity index is 1000. The summed E-state index contributed by atoms with van der Waals surface area (Å²) < 4.78 is 10.0. The Morgan fingerprint density at radius 3 is 2.58 bits per heavy atom. The third kappa shape index (κ3) is 7.74. The standard InChI is InChI=1S/C23H31N5O5/c1-6-28(22(31)33-23(2,3)4)12-8-11-18(29)26-16-10-7-9-15(13-16)17-14-25-20(24)19(27-17)21(30)32-5/h7,9-10,13-14H,6,8,11-12H2,1-5H3,(H2,24,25)(H,26,29). The molecule has 0 radical (unpaired) electrons. The molecule has 33 heavy (non-hydrogen) atoms. The number of nitrogens with two attached hydrogens (primary N) is 1. The van der Waals surface area contributed by atoms with E-state index in [9.17, 15) is 14.4 Å². The first-order chi connectivity index (χ1) is 15.5. The van der Waals surface area contributed by atoms with Gasteiger partial charge in [-0.25, -0.2) is 19.6 Å². The van der Waals surface area contributed by atoms with Gasteiger partial charge in [0, 0.05) is 30.8 Å². The van der Waals surface area contributed by atoms with Gasteiger partial charge in [0.1, 0.15) is 5.60 Å². The summed E-state index contributed by atoms with van der Waals surface area (Å²) in [6.45, 7) is 8.21. The molecule has 0 aliphatic carbocycles. The Morgan fingerprint density at radius 1 is 1.21 bits per heavy atom. The highest BCUT2D eigenvalue weighted by atomic mass is 16.6. The van der Waals surface area contributed by atoms with Gasteiger partial charge in [-0.15, -0.1) is 0 Å². The Balaban J connectivity index is 1.98. The molecule has 0 bridgehead atoms. The van der Waals surface area contributed by atoms with Gasteiger partial charge in [0.2, 0.25) is 5.91 Å². The van der Waals surface area contributed by atoms with E-state index in [4.69, 9.17) is 10.5 Å². The molecule has 0 aliphatic heterocycles. The van der Waals surface area contributed by atoms with Crippen molar-refractivity contribution in [2.75, 3.05) is 31.2 Å².